The Morgan fingerprint density at radius 3 is 2.74 bits per heavy atom. The normalized spacial score (nSPS) is 14.9. The van der Waals surface area contributed by atoms with Crippen LogP contribution in [-0.2, 0) is 12.8 Å². The molecular formula is C25H22ClN5O3. The molecule has 2 N–H and O–H groups in total. The number of nitrogens with one attached hydrogen (secondary N) is 2. The van der Waals surface area contributed by atoms with E-state index >= 15 is 0 Å². The van der Waals surface area contributed by atoms with Crippen molar-refractivity contribution in [1.29, 1.82) is 0 Å². The second-order valence-corrected chi connectivity index (χ2v) is 8.58. The molecule has 1 unspecified atom stereocenters. The van der Waals surface area contributed by atoms with Crippen molar-refractivity contribution in [3.8, 4) is 11.5 Å². The van der Waals surface area contributed by atoms with Crippen molar-refractivity contribution >= 4 is 29.1 Å². The first-order valence-electron chi connectivity index (χ1n) is 10.9. The van der Waals surface area contributed by atoms with Crippen LogP contribution in [0.2, 0.25) is 5.02 Å². The molecule has 3 heterocycles. The second kappa shape index (κ2) is 9.15. The number of amides is 2. The summed E-state index contributed by atoms with van der Waals surface area (Å²) in [5.74, 6) is 0.709. The van der Waals surface area contributed by atoms with Crippen molar-refractivity contribution in [2.45, 2.75) is 25.3 Å². The first kappa shape index (κ1) is 21.9. The third-order valence-corrected chi connectivity index (χ3v) is 6.04. The van der Waals surface area contributed by atoms with E-state index in [4.69, 9.17) is 16.3 Å². The Morgan fingerprint density at radius 2 is 1.88 bits per heavy atom. The smallest absolute Gasteiger partial charge is 0.271 e. The topological polar surface area (TPSA) is 97.6 Å². The zero-order valence-electron chi connectivity index (χ0n) is 18.4. The molecule has 1 atom stereocenters. The molecule has 0 aliphatic heterocycles. The molecule has 1 aliphatic rings. The third-order valence-electron chi connectivity index (χ3n) is 5.82. The number of aromatic nitrogens is 3. The van der Waals surface area contributed by atoms with E-state index in [1.807, 2.05) is 12.1 Å². The Bertz CT molecular complexity index is 1400. The van der Waals surface area contributed by atoms with Crippen LogP contribution >= 0.6 is 11.6 Å². The minimum atomic E-state index is -0.275. The van der Waals surface area contributed by atoms with Crippen LogP contribution in [0, 0.1) is 0 Å². The summed E-state index contributed by atoms with van der Waals surface area (Å²) >= 11 is 6.02. The third kappa shape index (κ3) is 4.58. The van der Waals surface area contributed by atoms with Crippen molar-refractivity contribution in [3.63, 3.8) is 0 Å². The molecule has 0 saturated carbocycles. The lowest BCUT2D eigenvalue weighted by Gasteiger charge is -2.25. The maximum absolute atomic E-state index is 12.8. The number of hydrogen-bond donors (Lipinski definition) is 2. The SMILES string of the molecule is CNC(=O)c1cc(Oc2ccc3c(c2)CC(NC(=O)c2cn4cc(Cl)ccc4n2)CC3)ccn1. The highest BCUT2D eigenvalue weighted by Crippen LogP contribution is 2.29. The number of carbonyl (C=O) groups is 2. The molecule has 0 fully saturated rings. The van der Waals surface area contributed by atoms with Crippen LogP contribution in [0.5, 0.6) is 11.5 Å². The van der Waals surface area contributed by atoms with E-state index < -0.39 is 0 Å². The van der Waals surface area contributed by atoms with Gasteiger partial charge in [0.15, 0.2) is 0 Å². The number of rotatable bonds is 5. The van der Waals surface area contributed by atoms with Gasteiger partial charge in [-0.1, -0.05) is 17.7 Å². The van der Waals surface area contributed by atoms with Crippen LogP contribution in [0.1, 0.15) is 38.5 Å². The second-order valence-electron chi connectivity index (χ2n) is 8.14. The van der Waals surface area contributed by atoms with Crippen LogP contribution in [0.4, 0.5) is 0 Å². The molecule has 4 aromatic rings. The average molecular weight is 476 g/mol. The number of fused-ring (bicyclic) bond motifs is 2. The molecule has 3 aromatic heterocycles. The lowest BCUT2D eigenvalue weighted by atomic mass is 9.88. The Hall–Kier alpha value is -3.91. The van der Waals surface area contributed by atoms with E-state index in [2.05, 4.69) is 26.7 Å². The molecule has 1 aliphatic carbocycles. The highest BCUT2D eigenvalue weighted by molar-refractivity contribution is 6.30. The van der Waals surface area contributed by atoms with Crippen molar-refractivity contribution < 1.29 is 14.3 Å². The van der Waals surface area contributed by atoms with Gasteiger partial charge in [0.1, 0.15) is 28.5 Å². The molecule has 5 rings (SSSR count). The average Bonchev–Trinajstić information content (AvgIpc) is 3.27. The molecule has 172 valence electrons. The number of carbonyl (C=O) groups excluding carboxylic acids is 2. The quantitative estimate of drug-likeness (QED) is 0.457. The van der Waals surface area contributed by atoms with Gasteiger partial charge in [-0.15, -0.1) is 0 Å². The van der Waals surface area contributed by atoms with Crippen molar-refractivity contribution in [2.75, 3.05) is 7.05 Å². The molecular weight excluding hydrogens is 454 g/mol. The summed E-state index contributed by atoms with van der Waals surface area (Å²) in [6.07, 6.45) is 7.34. The fourth-order valence-electron chi connectivity index (χ4n) is 4.12. The van der Waals surface area contributed by atoms with E-state index in [0.29, 0.717) is 34.3 Å². The number of hydrogen-bond acceptors (Lipinski definition) is 5. The zero-order valence-corrected chi connectivity index (χ0v) is 19.2. The van der Waals surface area contributed by atoms with E-state index in [1.165, 1.54) is 11.8 Å². The number of ether oxygens (including phenoxy) is 1. The highest BCUT2D eigenvalue weighted by Gasteiger charge is 2.22. The summed E-state index contributed by atoms with van der Waals surface area (Å²) in [6, 6.07) is 12.8. The lowest BCUT2D eigenvalue weighted by molar-refractivity contribution is 0.0927. The van der Waals surface area contributed by atoms with Gasteiger partial charge in [0.05, 0.1) is 5.02 Å². The number of imidazole rings is 1. The molecule has 1 aromatic carbocycles. The van der Waals surface area contributed by atoms with Crippen molar-refractivity contribution in [1.82, 2.24) is 25.0 Å². The molecule has 0 radical (unpaired) electrons. The van der Waals surface area contributed by atoms with Gasteiger partial charge in [0, 0.05) is 37.7 Å². The highest BCUT2D eigenvalue weighted by atomic mass is 35.5. The Labute approximate surface area is 200 Å². The van der Waals surface area contributed by atoms with E-state index in [0.717, 1.165) is 18.4 Å². The monoisotopic (exact) mass is 475 g/mol. The number of aryl methyl sites for hydroxylation is 1. The first-order chi connectivity index (χ1) is 16.5. The molecule has 34 heavy (non-hydrogen) atoms. The molecule has 0 spiro atoms. The van der Waals surface area contributed by atoms with E-state index in [1.54, 1.807) is 48.1 Å². The van der Waals surface area contributed by atoms with Gasteiger partial charge in [-0.05, 0) is 60.7 Å². The number of nitrogens with zero attached hydrogens (tertiary/aromatic N) is 3. The minimum Gasteiger partial charge on any atom is -0.457 e. The predicted octanol–water partition coefficient (Wildman–Crippen LogP) is 3.82. The van der Waals surface area contributed by atoms with Crippen molar-refractivity contribution in [2.24, 2.45) is 0 Å². The number of pyridine rings is 2. The Kier molecular flexibility index (Phi) is 5.90. The van der Waals surface area contributed by atoms with Crippen LogP contribution in [0.3, 0.4) is 0 Å². The lowest BCUT2D eigenvalue weighted by Crippen LogP contribution is -2.39. The van der Waals surface area contributed by atoms with Crippen LogP contribution in [0.25, 0.3) is 5.65 Å². The summed E-state index contributed by atoms with van der Waals surface area (Å²) < 4.78 is 7.72. The fraction of sp³-hybridized carbons (Fsp3) is 0.200. The van der Waals surface area contributed by atoms with Gasteiger partial charge in [-0.25, -0.2) is 4.98 Å². The van der Waals surface area contributed by atoms with E-state index in [-0.39, 0.29) is 23.6 Å². The van der Waals surface area contributed by atoms with Crippen LogP contribution < -0.4 is 15.4 Å². The van der Waals surface area contributed by atoms with Gasteiger partial charge >= 0.3 is 0 Å². The molecule has 0 saturated heterocycles. The zero-order chi connectivity index (χ0) is 23.7. The maximum Gasteiger partial charge on any atom is 0.271 e. The molecule has 0 bridgehead atoms. The summed E-state index contributed by atoms with van der Waals surface area (Å²) in [4.78, 5) is 33.1. The summed E-state index contributed by atoms with van der Waals surface area (Å²) in [5, 5.41) is 6.24. The molecule has 2 amide bonds. The van der Waals surface area contributed by atoms with Gasteiger partial charge in [0.25, 0.3) is 11.8 Å². The standard InChI is InChI=1S/C25H22ClN5O3/c1-27-24(32)21-12-20(8-9-28-21)34-19-6-3-15-2-5-18(10-16(15)11-19)29-25(33)22-14-31-13-17(26)4-7-23(31)30-22/h3-4,6-9,11-14,18H,2,5,10H2,1H3,(H,27,32)(H,29,33). The number of halogens is 1. The summed E-state index contributed by atoms with van der Waals surface area (Å²) in [5.41, 5.74) is 3.67. The van der Waals surface area contributed by atoms with Gasteiger partial charge in [0.2, 0.25) is 0 Å². The number of benzene rings is 1. The molecule has 9 heteroatoms. The van der Waals surface area contributed by atoms with Gasteiger partial charge in [-0.3, -0.25) is 14.6 Å². The maximum atomic E-state index is 12.8. The Morgan fingerprint density at radius 1 is 1.03 bits per heavy atom. The fourth-order valence-corrected chi connectivity index (χ4v) is 4.28. The molecule has 8 nitrogen and oxygen atoms in total. The van der Waals surface area contributed by atoms with Crippen LogP contribution in [-0.4, -0.2) is 39.3 Å². The Balaban J connectivity index is 1.28. The van der Waals surface area contributed by atoms with Gasteiger partial charge in [-0.2, -0.15) is 0 Å². The predicted molar refractivity (Wildman–Crippen MR) is 128 cm³/mol. The minimum absolute atomic E-state index is 0.00979. The first-order valence-corrected chi connectivity index (χ1v) is 11.3. The van der Waals surface area contributed by atoms with E-state index in [9.17, 15) is 9.59 Å². The van der Waals surface area contributed by atoms with Crippen LogP contribution in [0.15, 0.2) is 61.1 Å². The summed E-state index contributed by atoms with van der Waals surface area (Å²) in [6.45, 7) is 0. The van der Waals surface area contributed by atoms with Gasteiger partial charge < -0.3 is 19.8 Å². The van der Waals surface area contributed by atoms with Crippen molar-refractivity contribution in [3.05, 3.63) is 88.6 Å². The largest absolute Gasteiger partial charge is 0.457 e. The summed E-state index contributed by atoms with van der Waals surface area (Å²) in [7, 11) is 1.56.